The van der Waals surface area contributed by atoms with Crippen molar-refractivity contribution >= 4 is 0 Å². The molecule has 2 nitrogen and oxygen atoms in total. The molecule has 2 heteroatoms. The summed E-state index contributed by atoms with van der Waals surface area (Å²) in [7, 11) is 0. The molecule has 1 aliphatic rings. The number of hydrogen-bond donors (Lipinski definition) is 1. The Hall–Kier alpha value is -1.02. The van der Waals surface area contributed by atoms with Gasteiger partial charge in [-0.15, -0.1) is 0 Å². The maximum absolute atomic E-state index is 5.64. The van der Waals surface area contributed by atoms with E-state index in [0.717, 1.165) is 18.9 Å². The molecule has 76 valence electrons. The molecule has 0 heterocycles. The van der Waals surface area contributed by atoms with Crippen molar-refractivity contribution in [1.29, 1.82) is 0 Å². The lowest BCUT2D eigenvalue weighted by Gasteiger charge is -2.09. The Balaban J connectivity index is 2.16. The van der Waals surface area contributed by atoms with Gasteiger partial charge < -0.3 is 10.5 Å². The lowest BCUT2D eigenvalue weighted by atomic mass is 10.1. The van der Waals surface area contributed by atoms with E-state index in [1.54, 1.807) is 0 Å². The Morgan fingerprint density at radius 1 is 1.43 bits per heavy atom. The van der Waals surface area contributed by atoms with Gasteiger partial charge in [0.05, 0.1) is 6.61 Å². The fourth-order valence-corrected chi connectivity index (χ4v) is 1.96. The van der Waals surface area contributed by atoms with Crippen molar-refractivity contribution in [3.63, 3.8) is 0 Å². The fraction of sp³-hybridized carbons (Fsp3) is 0.500. The lowest BCUT2D eigenvalue weighted by molar-refractivity contribution is 0.336. The van der Waals surface area contributed by atoms with Crippen LogP contribution in [0.3, 0.4) is 0 Å². The highest BCUT2D eigenvalue weighted by atomic mass is 16.5. The summed E-state index contributed by atoms with van der Waals surface area (Å²) in [6, 6.07) is 8.30. The highest BCUT2D eigenvalue weighted by Gasteiger charge is 2.38. The molecule has 0 bridgehead atoms. The van der Waals surface area contributed by atoms with Crippen LogP contribution < -0.4 is 10.5 Å². The summed E-state index contributed by atoms with van der Waals surface area (Å²) >= 11 is 0. The average Bonchev–Trinajstić information content (AvgIpc) is 2.98. The standard InChI is InChI=1S/C12H17NO/c1-2-14-12-6-4-3-5-10(12)11-7-9(11)8-13/h3-6,9,11H,2,7-8,13H2,1H3/t9-,11-/m1/s1. The summed E-state index contributed by atoms with van der Waals surface area (Å²) in [4.78, 5) is 0. The van der Waals surface area contributed by atoms with E-state index in [9.17, 15) is 0 Å². The maximum Gasteiger partial charge on any atom is 0.122 e. The minimum atomic E-state index is 0.641. The van der Waals surface area contributed by atoms with E-state index >= 15 is 0 Å². The van der Waals surface area contributed by atoms with Crippen LogP contribution in [0.25, 0.3) is 0 Å². The molecule has 1 saturated carbocycles. The third-order valence-corrected chi connectivity index (χ3v) is 2.84. The summed E-state index contributed by atoms with van der Waals surface area (Å²) in [6.07, 6.45) is 1.22. The molecule has 2 atom stereocenters. The Labute approximate surface area is 85.1 Å². The van der Waals surface area contributed by atoms with E-state index < -0.39 is 0 Å². The topological polar surface area (TPSA) is 35.2 Å². The molecule has 0 radical (unpaired) electrons. The monoisotopic (exact) mass is 191 g/mol. The van der Waals surface area contributed by atoms with Crippen molar-refractivity contribution in [1.82, 2.24) is 0 Å². The summed E-state index contributed by atoms with van der Waals surface area (Å²) in [5.41, 5.74) is 6.98. The molecule has 14 heavy (non-hydrogen) atoms. The molecule has 0 amide bonds. The molecule has 0 aliphatic heterocycles. The van der Waals surface area contributed by atoms with Gasteiger partial charge in [0.25, 0.3) is 0 Å². The second-order valence-corrected chi connectivity index (χ2v) is 3.81. The minimum absolute atomic E-state index is 0.641. The molecule has 0 aromatic heterocycles. The first-order chi connectivity index (χ1) is 6.86. The summed E-state index contributed by atoms with van der Waals surface area (Å²) < 4.78 is 5.59. The highest BCUT2D eigenvalue weighted by molar-refractivity contribution is 5.39. The Bertz CT molecular complexity index is 311. The third kappa shape index (κ3) is 1.75. The van der Waals surface area contributed by atoms with Crippen molar-refractivity contribution in [2.24, 2.45) is 11.7 Å². The van der Waals surface area contributed by atoms with Crippen molar-refractivity contribution in [3.05, 3.63) is 29.8 Å². The van der Waals surface area contributed by atoms with Crippen molar-refractivity contribution in [2.45, 2.75) is 19.3 Å². The number of ether oxygens (including phenoxy) is 1. The first-order valence-electron chi connectivity index (χ1n) is 5.28. The first-order valence-corrected chi connectivity index (χ1v) is 5.28. The van der Waals surface area contributed by atoms with Crippen LogP contribution in [0.4, 0.5) is 0 Å². The Morgan fingerprint density at radius 2 is 2.21 bits per heavy atom. The molecule has 1 fully saturated rings. The first kappa shape index (κ1) is 9.53. The van der Waals surface area contributed by atoms with Gasteiger partial charge in [-0.2, -0.15) is 0 Å². The van der Waals surface area contributed by atoms with Crippen LogP contribution >= 0.6 is 0 Å². The van der Waals surface area contributed by atoms with Gasteiger partial charge >= 0.3 is 0 Å². The lowest BCUT2D eigenvalue weighted by Crippen LogP contribution is -2.03. The third-order valence-electron chi connectivity index (χ3n) is 2.84. The molecule has 2 rings (SSSR count). The average molecular weight is 191 g/mol. The summed E-state index contributed by atoms with van der Waals surface area (Å²) in [5.74, 6) is 2.36. The van der Waals surface area contributed by atoms with E-state index in [0.29, 0.717) is 11.8 Å². The predicted molar refractivity (Wildman–Crippen MR) is 57.5 cm³/mol. The van der Waals surface area contributed by atoms with Crippen LogP contribution in [0.5, 0.6) is 5.75 Å². The highest BCUT2D eigenvalue weighted by Crippen LogP contribution is 2.49. The number of nitrogens with two attached hydrogens (primary N) is 1. The van der Waals surface area contributed by atoms with Crippen LogP contribution in [0.2, 0.25) is 0 Å². The molecule has 0 unspecified atom stereocenters. The zero-order valence-corrected chi connectivity index (χ0v) is 8.57. The molecule has 1 aromatic rings. The molecular formula is C12H17NO. The van der Waals surface area contributed by atoms with E-state index in [2.05, 4.69) is 12.1 Å². The van der Waals surface area contributed by atoms with Gasteiger partial charge in [0, 0.05) is 0 Å². The quantitative estimate of drug-likeness (QED) is 0.791. The Morgan fingerprint density at radius 3 is 2.86 bits per heavy atom. The van der Waals surface area contributed by atoms with E-state index in [4.69, 9.17) is 10.5 Å². The van der Waals surface area contributed by atoms with E-state index in [-0.39, 0.29) is 0 Å². The summed E-state index contributed by atoms with van der Waals surface area (Å²) in [5, 5.41) is 0. The van der Waals surface area contributed by atoms with E-state index in [1.165, 1.54) is 12.0 Å². The smallest absolute Gasteiger partial charge is 0.122 e. The van der Waals surface area contributed by atoms with Crippen LogP contribution in [-0.4, -0.2) is 13.2 Å². The van der Waals surface area contributed by atoms with Crippen LogP contribution in [0.1, 0.15) is 24.8 Å². The normalized spacial score (nSPS) is 24.7. The van der Waals surface area contributed by atoms with Crippen LogP contribution in [0.15, 0.2) is 24.3 Å². The van der Waals surface area contributed by atoms with Crippen LogP contribution in [-0.2, 0) is 0 Å². The van der Waals surface area contributed by atoms with Crippen molar-refractivity contribution in [2.75, 3.05) is 13.2 Å². The van der Waals surface area contributed by atoms with Gasteiger partial charge in [-0.25, -0.2) is 0 Å². The molecule has 2 N–H and O–H groups in total. The minimum Gasteiger partial charge on any atom is -0.494 e. The Kier molecular flexibility index (Phi) is 2.73. The van der Waals surface area contributed by atoms with Crippen molar-refractivity contribution < 1.29 is 4.74 Å². The van der Waals surface area contributed by atoms with Gasteiger partial charge in [0.15, 0.2) is 0 Å². The van der Waals surface area contributed by atoms with Crippen molar-refractivity contribution in [3.8, 4) is 5.75 Å². The van der Waals surface area contributed by atoms with E-state index in [1.807, 2.05) is 19.1 Å². The SMILES string of the molecule is CCOc1ccccc1[C@@H]1C[C@@H]1CN. The van der Waals surface area contributed by atoms with Gasteiger partial charge in [-0.3, -0.25) is 0 Å². The maximum atomic E-state index is 5.64. The largest absolute Gasteiger partial charge is 0.494 e. The second-order valence-electron chi connectivity index (χ2n) is 3.81. The number of para-hydroxylation sites is 1. The number of benzene rings is 1. The second kappa shape index (κ2) is 4.01. The summed E-state index contributed by atoms with van der Waals surface area (Å²) in [6.45, 7) is 3.55. The predicted octanol–water partition coefficient (Wildman–Crippen LogP) is 2.15. The number of hydrogen-bond acceptors (Lipinski definition) is 2. The molecule has 1 aliphatic carbocycles. The van der Waals surface area contributed by atoms with Gasteiger partial charge in [-0.1, -0.05) is 18.2 Å². The van der Waals surface area contributed by atoms with Gasteiger partial charge in [0.1, 0.15) is 5.75 Å². The van der Waals surface area contributed by atoms with Gasteiger partial charge in [-0.05, 0) is 43.4 Å². The van der Waals surface area contributed by atoms with Crippen LogP contribution in [0, 0.1) is 5.92 Å². The van der Waals surface area contributed by atoms with Gasteiger partial charge in [0.2, 0.25) is 0 Å². The zero-order valence-electron chi connectivity index (χ0n) is 8.57. The zero-order chi connectivity index (χ0) is 9.97. The molecular weight excluding hydrogens is 174 g/mol. The molecule has 0 saturated heterocycles. The fourth-order valence-electron chi connectivity index (χ4n) is 1.96. The number of rotatable bonds is 4. The molecule has 0 spiro atoms. The molecule has 1 aromatic carbocycles.